The number of nitrogens with one attached hydrogen (secondary N) is 1. The first kappa shape index (κ1) is 23.3. The van der Waals surface area contributed by atoms with E-state index in [4.69, 9.17) is 9.47 Å². The van der Waals surface area contributed by atoms with E-state index in [1.54, 1.807) is 6.08 Å². The largest absolute Gasteiger partial charge is 0.445 e. The summed E-state index contributed by atoms with van der Waals surface area (Å²) in [4.78, 5) is 26.9. The predicted molar refractivity (Wildman–Crippen MR) is 128 cm³/mol. The Balaban J connectivity index is 1.58. The van der Waals surface area contributed by atoms with E-state index in [2.05, 4.69) is 31.3 Å². The molecule has 1 amide bonds. The topological polar surface area (TPSA) is 88.2 Å². The molecule has 182 valence electrons. The van der Waals surface area contributed by atoms with Gasteiger partial charge in [0.05, 0.1) is 23.7 Å². The summed E-state index contributed by atoms with van der Waals surface area (Å²) in [6.07, 6.45) is 7.65. The van der Waals surface area contributed by atoms with E-state index in [0.29, 0.717) is 12.8 Å². The molecule has 10 atom stereocenters. The number of aliphatic hydroxyl groups is 1. The molecule has 6 heteroatoms. The quantitative estimate of drug-likeness (QED) is 0.398. The number of aliphatic hydroxyl groups excluding tert-OH is 1. The Hall–Kier alpha value is -2.44. The maximum atomic E-state index is 13.8. The van der Waals surface area contributed by atoms with Gasteiger partial charge in [-0.1, -0.05) is 69.3 Å². The molecule has 3 aliphatic heterocycles. The highest BCUT2D eigenvalue weighted by Gasteiger charge is 2.78. The van der Waals surface area contributed by atoms with Gasteiger partial charge in [0.1, 0.15) is 0 Å². The van der Waals surface area contributed by atoms with Gasteiger partial charge in [-0.3, -0.25) is 4.79 Å². The minimum absolute atomic E-state index is 0.00958. The van der Waals surface area contributed by atoms with E-state index in [9.17, 15) is 14.7 Å². The van der Waals surface area contributed by atoms with Crippen molar-refractivity contribution in [1.82, 2.24) is 5.32 Å². The Bertz CT molecular complexity index is 1020. The molecule has 0 radical (unpaired) electrons. The third-order valence-corrected chi connectivity index (χ3v) is 8.83. The van der Waals surface area contributed by atoms with Crippen LogP contribution in [0.5, 0.6) is 0 Å². The highest BCUT2D eigenvalue weighted by atomic mass is 16.6. The number of carbonyl (C=O) groups is 2. The summed E-state index contributed by atoms with van der Waals surface area (Å²) >= 11 is 0. The van der Waals surface area contributed by atoms with Gasteiger partial charge in [0.15, 0.2) is 0 Å². The summed E-state index contributed by atoms with van der Waals surface area (Å²) in [5.41, 5.74) is -0.574. The molecule has 34 heavy (non-hydrogen) atoms. The number of hydrogen-bond acceptors (Lipinski definition) is 5. The Kier molecular flexibility index (Phi) is 5.72. The van der Waals surface area contributed by atoms with E-state index in [1.807, 2.05) is 44.2 Å². The molecule has 5 rings (SSSR count). The first-order valence-corrected chi connectivity index (χ1v) is 12.5. The minimum atomic E-state index is -1.33. The lowest BCUT2D eigenvalue weighted by atomic mass is 9.59. The zero-order valence-corrected chi connectivity index (χ0v) is 20.3. The molecule has 3 unspecified atom stereocenters. The number of fused-ring (bicyclic) bond motifs is 2. The van der Waals surface area contributed by atoms with Crippen LogP contribution in [0.25, 0.3) is 0 Å². The van der Waals surface area contributed by atoms with Crippen LogP contribution in [0.4, 0.5) is 0 Å². The highest BCUT2D eigenvalue weighted by Crippen LogP contribution is 2.63. The predicted octanol–water partition coefficient (Wildman–Crippen LogP) is 3.20. The molecule has 1 spiro atoms. The van der Waals surface area contributed by atoms with Crippen molar-refractivity contribution >= 4 is 11.9 Å². The lowest BCUT2D eigenvalue weighted by Crippen LogP contribution is -2.61. The van der Waals surface area contributed by atoms with E-state index >= 15 is 0 Å². The molecular formula is C28H35NO5. The molecule has 4 aliphatic rings. The number of epoxide rings is 1. The Morgan fingerprint density at radius 3 is 2.59 bits per heavy atom. The van der Waals surface area contributed by atoms with Crippen LogP contribution in [0.15, 0.2) is 54.6 Å². The first-order valence-electron chi connectivity index (χ1n) is 12.5. The third kappa shape index (κ3) is 3.54. The molecular weight excluding hydrogens is 430 g/mol. The van der Waals surface area contributed by atoms with Crippen LogP contribution in [-0.4, -0.2) is 46.4 Å². The van der Waals surface area contributed by atoms with E-state index < -0.39 is 23.6 Å². The molecule has 2 N–H and O–H groups in total. The number of carbonyl (C=O) groups excluding carboxylic acids is 2. The van der Waals surface area contributed by atoms with Crippen LogP contribution in [0, 0.1) is 29.6 Å². The van der Waals surface area contributed by atoms with Crippen molar-refractivity contribution in [3.8, 4) is 0 Å². The monoisotopic (exact) mass is 465 g/mol. The van der Waals surface area contributed by atoms with Gasteiger partial charge in [-0.2, -0.15) is 0 Å². The first-order chi connectivity index (χ1) is 16.2. The van der Waals surface area contributed by atoms with Crippen LogP contribution in [0.2, 0.25) is 0 Å². The van der Waals surface area contributed by atoms with Crippen LogP contribution >= 0.6 is 0 Å². The van der Waals surface area contributed by atoms with Gasteiger partial charge in [-0.15, -0.1) is 0 Å². The van der Waals surface area contributed by atoms with Crippen LogP contribution in [0.3, 0.4) is 0 Å². The molecule has 0 bridgehead atoms. The number of hydrogen-bond donors (Lipinski definition) is 2. The fourth-order valence-electron chi connectivity index (χ4n) is 6.65. The summed E-state index contributed by atoms with van der Waals surface area (Å²) in [5.74, 6) is -1.60. The number of amides is 1. The number of esters is 1. The zero-order valence-electron chi connectivity index (χ0n) is 20.3. The lowest BCUT2D eigenvalue weighted by molar-refractivity contribution is -0.177. The summed E-state index contributed by atoms with van der Waals surface area (Å²) in [5, 5.41) is 13.8. The summed E-state index contributed by atoms with van der Waals surface area (Å²) < 4.78 is 12.5. The van der Waals surface area contributed by atoms with Crippen LogP contribution in [0.1, 0.15) is 39.7 Å². The fraction of sp³-hybridized carbons (Fsp3) is 0.571. The number of rotatable bonds is 2. The average Bonchev–Trinajstić information content (AvgIpc) is 3.43. The maximum absolute atomic E-state index is 13.8. The van der Waals surface area contributed by atoms with Crippen LogP contribution in [-0.2, 0) is 25.5 Å². The van der Waals surface area contributed by atoms with E-state index in [0.717, 1.165) is 5.56 Å². The molecule has 1 saturated carbocycles. The zero-order chi connectivity index (χ0) is 24.3. The van der Waals surface area contributed by atoms with E-state index in [-0.39, 0.29) is 47.3 Å². The highest BCUT2D eigenvalue weighted by molar-refractivity contribution is 5.94. The van der Waals surface area contributed by atoms with Crippen molar-refractivity contribution in [2.75, 3.05) is 0 Å². The van der Waals surface area contributed by atoms with Crippen molar-refractivity contribution in [2.45, 2.75) is 70.0 Å². The molecule has 3 heterocycles. The lowest BCUT2D eigenvalue weighted by Gasteiger charge is -2.45. The second kappa shape index (κ2) is 8.35. The molecule has 6 nitrogen and oxygen atoms in total. The van der Waals surface area contributed by atoms with Crippen molar-refractivity contribution in [3.05, 3.63) is 60.2 Å². The standard InChI is InChI=1S/C28H35NO5/c1-16-9-8-12-20-25-27(4,34-25)18(3)23-21(15-19-10-6-5-7-11-19)29-26(32)28(20,23)33-22(30)14-13-17(2)24(16)31/h5-8,10-14,16-18,20-21,23-25,31H,9,15H2,1-4H3,(H,29,32)/b12-8+,14-13+/t16?,17?,18-,20-,21-,23-,24?,25-,27+,28+/m0/s1. The second-order valence-corrected chi connectivity index (χ2v) is 10.9. The third-order valence-electron chi connectivity index (χ3n) is 8.83. The van der Waals surface area contributed by atoms with Crippen molar-refractivity contribution in [2.24, 2.45) is 29.6 Å². The average molecular weight is 466 g/mol. The fourth-order valence-corrected chi connectivity index (χ4v) is 6.65. The van der Waals surface area contributed by atoms with Crippen molar-refractivity contribution < 1.29 is 24.2 Å². The van der Waals surface area contributed by atoms with Crippen LogP contribution < -0.4 is 5.32 Å². The number of ether oxygens (including phenoxy) is 2. The molecule has 0 aromatic heterocycles. The summed E-state index contributed by atoms with van der Waals surface area (Å²) in [6.45, 7) is 8.11. The van der Waals surface area contributed by atoms with Gasteiger partial charge in [-0.25, -0.2) is 4.79 Å². The Morgan fingerprint density at radius 2 is 1.85 bits per heavy atom. The van der Waals surface area contributed by atoms with Gasteiger partial charge >= 0.3 is 5.97 Å². The summed E-state index contributed by atoms with van der Waals surface area (Å²) in [7, 11) is 0. The van der Waals surface area contributed by atoms with Gasteiger partial charge < -0.3 is 19.9 Å². The molecule has 1 aliphatic carbocycles. The van der Waals surface area contributed by atoms with Gasteiger partial charge in [0.2, 0.25) is 5.60 Å². The maximum Gasteiger partial charge on any atom is 0.331 e. The van der Waals surface area contributed by atoms with Gasteiger partial charge in [0.25, 0.3) is 5.91 Å². The minimum Gasteiger partial charge on any atom is -0.445 e. The summed E-state index contributed by atoms with van der Waals surface area (Å²) in [6, 6.07) is 9.92. The van der Waals surface area contributed by atoms with Crippen molar-refractivity contribution in [3.63, 3.8) is 0 Å². The van der Waals surface area contributed by atoms with Crippen molar-refractivity contribution in [1.29, 1.82) is 0 Å². The second-order valence-electron chi connectivity index (χ2n) is 10.9. The molecule has 1 aromatic rings. The molecule has 2 saturated heterocycles. The van der Waals surface area contributed by atoms with E-state index in [1.165, 1.54) is 6.08 Å². The Morgan fingerprint density at radius 1 is 1.12 bits per heavy atom. The number of benzene rings is 1. The normalized spacial score (nSPS) is 47.6. The van der Waals surface area contributed by atoms with Gasteiger partial charge in [-0.05, 0) is 37.2 Å². The smallest absolute Gasteiger partial charge is 0.331 e. The SMILES string of the molecule is CC1/C=C/C(=O)O[C@@]23C(=O)N[C@@H](Cc4ccccc4)[C@@H]2[C@H](C)[C@@]2(C)O[C@H]2[C@@H]3/C=C/CC(C)C1O. The molecule has 1 aromatic carbocycles. The molecule has 3 fully saturated rings. The Labute approximate surface area is 201 Å². The van der Waals surface area contributed by atoms with Gasteiger partial charge in [0, 0.05) is 24.0 Å². The number of allylic oxidation sites excluding steroid dienone is 1.